The van der Waals surface area contributed by atoms with Crippen molar-refractivity contribution >= 4 is 16.1 Å². The van der Waals surface area contributed by atoms with Crippen LogP contribution in [0.5, 0.6) is 0 Å². The molecule has 0 N–H and O–H groups in total. The summed E-state index contributed by atoms with van der Waals surface area (Å²) in [6.07, 6.45) is 1.51. The first kappa shape index (κ1) is 15.6. The zero-order chi connectivity index (χ0) is 14.5. The monoisotopic (exact) mass is 280 g/mol. The van der Waals surface area contributed by atoms with Crippen LogP contribution in [-0.4, -0.2) is 20.0 Å². The van der Waals surface area contributed by atoms with E-state index in [1.165, 1.54) is 0 Å². The number of benzene rings is 1. The summed E-state index contributed by atoms with van der Waals surface area (Å²) in [6, 6.07) is 8.36. The molecule has 0 aromatic heterocycles. The fraction of sp³-hybridized carbons (Fsp3) is 0.400. The number of rotatable bonds is 7. The maximum absolute atomic E-state index is 12.6. The highest BCUT2D eigenvalue weighted by Gasteiger charge is 2.28. The van der Waals surface area contributed by atoms with Crippen molar-refractivity contribution in [3.8, 4) is 0 Å². The number of carbonyl (C=O) groups excluding carboxylic acids is 1. The van der Waals surface area contributed by atoms with E-state index in [-0.39, 0.29) is 5.92 Å². The van der Waals surface area contributed by atoms with Gasteiger partial charge in [0.15, 0.2) is 9.84 Å². The van der Waals surface area contributed by atoms with Crippen LogP contribution in [0.2, 0.25) is 0 Å². The Morgan fingerprint density at radius 3 is 2.37 bits per heavy atom. The van der Waals surface area contributed by atoms with Crippen molar-refractivity contribution in [2.75, 3.05) is 0 Å². The average molecular weight is 280 g/mol. The quantitative estimate of drug-likeness (QED) is 0.570. The predicted molar refractivity (Wildman–Crippen MR) is 76.7 cm³/mol. The Morgan fingerprint density at radius 2 is 1.89 bits per heavy atom. The molecule has 0 saturated heterocycles. The third-order valence-corrected chi connectivity index (χ3v) is 5.12. The minimum Gasteiger partial charge on any atom is -0.303 e. The van der Waals surface area contributed by atoms with Crippen LogP contribution in [0, 0.1) is 5.92 Å². The molecule has 4 heteroatoms. The number of carbonyl (C=O) groups is 1. The Morgan fingerprint density at radius 1 is 1.32 bits per heavy atom. The topological polar surface area (TPSA) is 51.2 Å². The normalized spacial score (nSPS) is 14.6. The Hall–Kier alpha value is -1.42. The number of hydrogen-bond acceptors (Lipinski definition) is 3. The molecule has 0 fully saturated rings. The minimum absolute atomic E-state index is 0.275. The van der Waals surface area contributed by atoms with Gasteiger partial charge < -0.3 is 4.79 Å². The third-order valence-electron chi connectivity index (χ3n) is 2.95. The molecule has 1 aromatic rings. The maximum atomic E-state index is 12.6. The third kappa shape index (κ3) is 4.31. The fourth-order valence-corrected chi connectivity index (χ4v) is 3.96. The van der Waals surface area contributed by atoms with E-state index < -0.39 is 15.1 Å². The van der Waals surface area contributed by atoms with Crippen LogP contribution in [0.25, 0.3) is 0 Å². The van der Waals surface area contributed by atoms with Gasteiger partial charge in [0.2, 0.25) is 0 Å². The largest absolute Gasteiger partial charge is 0.303 e. The summed E-state index contributed by atoms with van der Waals surface area (Å²) in [7, 11) is -3.42. The van der Waals surface area contributed by atoms with Gasteiger partial charge in [0, 0.05) is 5.92 Å². The van der Waals surface area contributed by atoms with Gasteiger partial charge in [-0.25, -0.2) is 8.42 Å². The molecule has 0 bridgehead atoms. The van der Waals surface area contributed by atoms with Gasteiger partial charge in [0.25, 0.3) is 0 Å². The Bertz CT molecular complexity index is 532. The van der Waals surface area contributed by atoms with Crippen LogP contribution in [0.1, 0.15) is 26.7 Å². The summed E-state index contributed by atoms with van der Waals surface area (Å²) in [5, 5.41) is -0.590. The van der Waals surface area contributed by atoms with Crippen molar-refractivity contribution in [3.63, 3.8) is 0 Å². The van der Waals surface area contributed by atoms with E-state index in [0.29, 0.717) is 17.7 Å². The predicted octanol–water partition coefficient (Wildman–Crippen LogP) is 3.02. The number of hydrogen-bond donors (Lipinski definition) is 0. The first-order chi connectivity index (χ1) is 8.87. The van der Waals surface area contributed by atoms with E-state index in [9.17, 15) is 13.2 Å². The SMILES string of the molecule is C=C(C)CC(CC(C)C=O)S(=O)(=O)c1ccccc1. The Kier molecular flexibility index (Phi) is 5.48. The molecule has 0 saturated carbocycles. The maximum Gasteiger partial charge on any atom is 0.181 e. The van der Waals surface area contributed by atoms with E-state index in [1.54, 1.807) is 44.2 Å². The zero-order valence-corrected chi connectivity index (χ0v) is 12.2. The lowest BCUT2D eigenvalue weighted by Crippen LogP contribution is -2.24. The van der Waals surface area contributed by atoms with Gasteiger partial charge >= 0.3 is 0 Å². The van der Waals surface area contributed by atoms with Crippen molar-refractivity contribution in [2.24, 2.45) is 5.92 Å². The van der Waals surface area contributed by atoms with Gasteiger partial charge in [0.1, 0.15) is 6.29 Å². The molecule has 1 rings (SSSR count). The highest BCUT2D eigenvalue weighted by molar-refractivity contribution is 7.92. The van der Waals surface area contributed by atoms with Gasteiger partial charge in [-0.15, -0.1) is 6.58 Å². The molecule has 0 amide bonds. The molecule has 0 radical (unpaired) electrons. The molecule has 0 heterocycles. The van der Waals surface area contributed by atoms with Crippen LogP contribution in [0.15, 0.2) is 47.4 Å². The van der Waals surface area contributed by atoms with Crippen molar-refractivity contribution in [1.82, 2.24) is 0 Å². The molecular formula is C15H20O3S. The summed E-state index contributed by atoms with van der Waals surface area (Å²) in [4.78, 5) is 11.1. The molecule has 3 nitrogen and oxygen atoms in total. The lowest BCUT2D eigenvalue weighted by atomic mass is 10.0. The van der Waals surface area contributed by atoms with E-state index in [0.717, 1.165) is 11.9 Å². The van der Waals surface area contributed by atoms with Crippen molar-refractivity contribution in [1.29, 1.82) is 0 Å². The van der Waals surface area contributed by atoms with Crippen LogP contribution in [0.4, 0.5) is 0 Å². The lowest BCUT2D eigenvalue weighted by Gasteiger charge is -2.19. The average Bonchev–Trinajstić information content (AvgIpc) is 2.38. The van der Waals surface area contributed by atoms with E-state index >= 15 is 0 Å². The van der Waals surface area contributed by atoms with Gasteiger partial charge in [0.05, 0.1) is 10.1 Å². The highest BCUT2D eigenvalue weighted by atomic mass is 32.2. The Balaban J connectivity index is 3.09. The second-order valence-corrected chi connectivity index (χ2v) is 7.22. The first-order valence-corrected chi connectivity index (χ1v) is 7.81. The molecule has 19 heavy (non-hydrogen) atoms. The van der Waals surface area contributed by atoms with Gasteiger partial charge in [-0.1, -0.05) is 30.7 Å². The van der Waals surface area contributed by atoms with E-state index in [2.05, 4.69) is 6.58 Å². The van der Waals surface area contributed by atoms with Crippen LogP contribution in [0.3, 0.4) is 0 Å². The molecule has 104 valence electrons. The Labute approximate surface area is 115 Å². The summed E-state index contributed by atoms with van der Waals surface area (Å²) in [6.45, 7) is 7.32. The molecule has 1 aromatic carbocycles. The lowest BCUT2D eigenvalue weighted by molar-refractivity contribution is -0.110. The highest BCUT2D eigenvalue weighted by Crippen LogP contribution is 2.25. The number of sulfone groups is 1. The van der Waals surface area contributed by atoms with Crippen molar-refractivity contribution in [2.45, 2.75) is 36.8 Å². The van der Waals surface area contributed by atoms with Crippen molar-refractivity contribution in [3.05, 3.63) is 42.5 Å². The van der Waals surface area contributed by atoms with Crippen LogP contribution >= 0.6 is 0 Å². The summed E-state index contributed by atoms with van der Waals surface area (Å²) >= 11 is 0. The van der Waals surface area contributed by atoms with E-state index in [1.807, 2.05) is 0 Å². The number of aldehydes is 1. The van der Waals surface area contributed by atoms with Gasteiger partial charge in [-0.3, -0.25) is 0 Å². The summed E-state index contributed by atoms with van der Waals surface area (Å²) in [5.74, 6) is -0.275. The molecule has 0 aliphatic rings. The first-order valence-electron chi connectivity index (χ1n) is 6.26. The molecule has 0 aliphatic carbocycles. The van der Waals surface area contributed by atoms with Crippen LogP contribution in [-0.2, 0) is 14.6 Å². The zero-order valence-electron chi connectivity index (χ0n) is 11.4. The molecule has 2 unspecified atom stereocenters. The molecule has 2 atom stereocenters. The van der Waals surface area contributed by atoms with Gasteiger partial charge in [-0.2, -0.15) is 0 Å². The smallest absolute Gasteiger partial charge is 0.181 e. The standard InChI is InChI=1S/C15H20O3S/c1-12(2)9-15(10-13(3)11-16)19(17,18)14-7-5-4-6-8-14/h4-8,11,13,15H,1,9-10H2,2-3H3. The second kappa shape index (κ2) is 6.66. The minimum atomic E-state index is -3.42. The number of allylic oxidation sites excluding steroid dienone is 1. The second-order valence-electron chi connectivity index (χ2n) is 4.99. The molecular weight excluding hydrogens is 260 g/mol. The summed E-state index contributed by atoms with van der Waals surface area (Å²) < 4.78 is 25.1. The van der Waals surface area contributed by atoms with Gasteiger partial charge in [-0.05, 0) is 31.9 Å². The molecule has 0 spiro atoms. The fourth-order valence-electron chi connectivity index (χ4n) is 1.98. The van der Waals surface area contributed by atoms with Crippen molar-refractivity contribution < 1.29 is 13.2 Å². The van der Waals surface area contributed by atoms with E-state index in [4.69, 9.17) is 0 Å². The summed E-state index contributed by atoms with van der Waals surface area (Å²) in [5.41, 5.74) is 0.808. The van der Waals surface area contributed by atoms with Crippen LogP contribution < -0.4 is 0 Å². The molecule has 0 aliphatic heterocycles.